The number of aryl methyl sites for hydroxylation is 1. The molecule has 4 rings (SSSR count). The van der Waals surface area contributed by atoms with Gasteiger partial charge in [0.15, 0.2) is 11.0 Å². The molecule has 11 heteroatoms. The van der Waals surface area contributed by atoms with Gasteiger partial charge in [-0.05, 0) is 17.7 Å². The molecule has 2 aromatic rings. The number of rotatable bonds is 6. The van der Waals surface area contributed by atoms with Crippen LogP contribution < -0.4 is 0 Å². The van der Waals surface area contributed by atoms with Gasteiger partial charge in [-0.2, -0.15) is 17.9 Å². The second kappa shape index (κ2) is 8.89. The highest BCUT2D eigenvalue weighted by Gasteiger charge is 2.43. The molecule has 1 aromatic carbocycles. The van der Waals surface area contributed by atoms with Crippen molar-refractivity contribution in [3.05, 3.63) is 41.2 Å². The van der Waals surface area contributed by atoms with Crippen LogP contribution in [0.15, 0.2) is 29.4 Å². The first-order valence-corrected chi connectivity index (χ1v) is 11.1. The number of aromatic nitrogens is 3. The molecule has 2 unspecified atom stereocenters. The smallest absolute Gasteiger partial charge is 0.395 e. The number of aliphatic hydroxyl groups is 1. The molecule has 7 nitrogen and oxygen atoms in total. The zero-order chi connectivity index (χ0) is 22.2. The van der Waals surface area contributed by atoms with E-state index in [1.54, 1.807) is 0 Å². The van der Waals surface area contributed by atoms with Crippen molar-refractivity contribution in [1.29, 1.82) is 0 Å². The molecule has 1 saturated heterocycles. The van der Waals surface area contributed by atoms with E-state index in [0.29, 0.717) is 55.7 Å². The van der Waals surface area contributed by atoms with Gasteiger partial charge >= 0.3 is 6.18 Å². The number of halogens is 3. The molecular formula is C20H24F3N5O2S. The number of hydrogen-bond acceptors (Lipinski definition) is 7. The summed E-state index contributed by atoms with van der Waals surface area (Å²) in [7, 11) is 0. The van der Waals surface area contributed by atoms with Gasteiger partial charge in [-0.25, -0.2) is 4.98 Å². The maximum Gasteiger partial charge on any atom is 0.416 e. The first-order valence-electron chi connectivity index (χ1n) is 10.2. The number of nitrogens with zero attached hydrogens (tertiary/aromatic N) is 5. The van der Waals surface area contributed by atoms with Crippen LogP contribution in [0.25, 0.3) is 0 Å². The van der Waals surface area contributed by atoms with Crippen LogP contribution in [-0.4, -0.2) is 80.2 Å². The van der Waals surface area contributed by atoms with Crippen LogP contribution in [0.5, 0.6) is 0 Å². The number of carbonyl (C=O) groups is 1. The first kappa shape index (κ1) is 22.3. The van der Waals surface area contributed by atoms with Crippen molar-refractivity contribution in [2.24, 2.45) is 0 Å². The van der Waals surface area contributed by atoms with E-state index in [1.807, 2.05) is 6.92 Å². The van der Waals surface area contributed by atoms with E-state index in [1.165, 1.54) is 28.6 Å². The van der Waals surface area contributed by atoms with Crippen LogP contribution in [0.2, 0.25) is 0 Å². The van der Waals surface area contributed by atoms with E-state index in [-0.39, 0.29) is 12.5 Å². The molecular weight excluding hydrogens is 431 g/mol. The number of benzene rings is 1. The van der Waals surface area contributed by atoms with Crippen molar-refractivity contribution < 1.29 is 23.1 Å². The Labute approximate surface area is 182 Å². The number of alkyl halides is 3. The molecule has 1 fully saturated rings. The number of aliphatic hydroxyl groups excluding tert-OH is 1. The fraction of sp³-hybridized carbons (Fsp3) is 0.550. The molecule has 0 aliphatic carbocycles. The van der Waals surface area contributed by atoms with E-state index in [9.17, 15) is 23.1 Å². The summed E-state index contributed by atoms with van der Waals surface area (Å²) >= 11 is 1.32. The number of hydrogen-bond donors (Lipinski definition) is 1. The Morgan fingerprint density at radius 2 is 1.87 bits per heavy atom. The lowest BCUT2D eigenvalue weighted by atomic mass is 9.98. The quantitative estimate of drug-likeness (QED) is 0.717. The highest BCUT2D eigenvalue weighted by molar-refractivity contribution is 8.00. The summed E-state index contributed by atoms with van der Waals surface area (Å²) in [5.41, 5.74) is -0.0497. The monoisotopic (exact) mass is 455 g/mol. The van der Waals surface area contributed by atoms with Gasteiger partial charge in [0.1, 0.15) is 5.25 Å². The normalized spacial score (nSPS) is 21.5. The third-order valence-corrected chi connectivity index (χ3v) is 6.89. The fourth-order valence-electron chi connectivity index (χ4n) is 4.04. The number of fused-ring (bicyclic) bond motifs is 1. The van der Waals surface area contributed by atoms with E-state index in [4.69, 9.17) is 0 Å². The van der Waals surface area contributed by atoms with Crippen LogP contribution in [-0.2, 0) is 12.6 Å². The maximum absolute atomic E-state index is 13.2. The molecule has 0 amide bonds. The van der Waals surface area contributed by atoms with Crippen molar-refractivity contribution in [1.82, 2.24) is 24.6 Å². The Bertz CT molecular complexity index is 926. The van der Waals surface area contributed by atoms with Crippen molar-refractivity contribution >= 4 is 17.7 Å². The van der Waals surface area contributed by atoms with Gasteiger partial charge in [-0.1, -0.05) is 30.8 Å². The van der Waals surface area contributed by atoms with E-state index >= 15 is 0 Å². The lowest BCUT2D eigenvalue weighted by molar-refractivity contribution is -0.137. The first-order chi connectivity index (χ1) is 14.8. The van der Waals surface area contributed by atoms with E-state index < -0.39 is 23.0 Å². The van der Waals surface area contributed by atoms with Crippen LogP contribution in [0, 0.1) is 0 Å². The molecule has 0 saturated carbocycles. The number of β-amino-alcohol motifs (C(OH)–C–C–N with tert-alkyl or cyclic N) is 1. The summed E-state index contributed by atoms with van der Waals surface area (Å²) in [6.45, 7) is 5.28. The molecule has 31 heavy (non-hydrogen) atoms. The summed E-state index contributed by atoms with van der Waals surface area (Å²) in [5, 5.41) is 13.4. The number of carbonyl (C=O) groups excluding carboxylic acids is 1. The topological polar surface area (TPSA) is 74.5 Å². The second-order valence-corrected chi connectivity index (χ2v) is 8.73. The predicted molar refractivity (Wildman–Crippen MR) is 109 cm³/mol. The fourth-order valence-corrected chi connectivity index (χ4v) is 5.32. The van der Waals surface area contributed by atoms with Gasteiger partial charge in [-0.3, -0.25) is 14.6 Å². The Hall–Kier alpha value is -1.95. The van der Waals surface area contributed by atoms with Crippen LogP contribution in [0.4, 0.5) is 13.2 Å². The Balaban J connectivity index is 1.62. The minimum absolute atomic E-state index is 0.0752. The third-order valence-electron chi connectivity index (χ3n) is 5.70. The Morgan fingerprint density at radius 3 is 2.42 bits per heavy atom. The molecule has 1 N–H and O–H groups in total. The van der Waals surface area contributed by atoms with E-state index in [2.05, 4.69) is 19.9 Å². The molecule has 3 heterocycles. The standard InChI is InChI=1S/C20H24F3N5O2S/c1-2-15-24-19-28(25-15)18(30)17(31-19)16(27-9-7-26(8-10-27)11-12-29)13-3-5-14(6-4-13)20(21,22)23/h3-6,16-17,29H,2,7-12H2,1H3. The summed E-state index contributed by atoms with van der Waals surface area (Å²) in [6.07, 6.45) is -3.79. The summed E-state index contributed by atoms with van der Waals surface area (Å²) in [6, 6.07) is 4.67. The highest BCUT2D eigenvalue weighted by Crippen LogP contribution is 2.42. The number of piperazine rings is 1. The van der Waals surface area contributed by atoms with Gasteiger partial charge < -0.3 is 5.11 Å². The summed E-state index contributed by atoms with van der Waals surface area (Å²) < 4.78 is 40.5. The van der Waals surface area contributed by atoms with Gasteiger partial charge in [0.2, 0.25) is 0 Å². The maximum atomic E-state index is 13.2. The number of thioether (sulfide) groups is 1. The second-order valence-electron chi connectivity index (χ2n) is 7.62. The minimum Gasteiger partial charge on any atom is -0.395 e. The molecule has 2 aliphatic heterocycles. The average Bonchev–Trinajstić information content (AvgIpc) is 3.29. The average molecular weight is 456 g/mol. The lowest BCUT2D eigenvalue weighted by Gasteiger charge is -2.40. The zero-order valence-corrected chi connectivity index (χ0v) is 17.9. The van der Waals surface area contributed by atoms with Gasteiger partial charge in [-0.15, -0.1) is 5.10 Å². The summed E-state index contributed by atoms with van der Waals surface area (Å²) in [4.78, 5) is 21.8. The van der Waals surface area contributed by atoms with Gasteiger partial charge in [0, 0.05) is 39.1 Å². The van der Waals surface area contributed by atoms with Crippen LogP contribution >= 0.6 is 11.8 Å². The van der Waals surface area contributed by atoms with Crippen molar-refractivity contribution in [2.75, 3.05) is 39.3 Å². The van der Waals surface area contributed by atoms with Gasteiger partial charge in [0.25, 0.3) is 5.91 Å². The third kappa shape index (κ3) is 4.50. The van der Waals surface area contributed by atoms with E-state index in [0.717, 1.165) is 12.1 Å². The van der Waals surface area contributed by atoms with Crippen LogP contribution in [0.3, 0.4) is 0 Å². The Kier molecular flexibility index (Phi) is 6.38. The lowest BCUT2D eigenvalue weighted by Crippen LogP contribution is -2.51. The molecule has 0 radical (unpaired) electrons. The molecule has 0 spiro atoms. The Morgan fingerprint density at radius 1 is 1.19 bits per heavy atom. The molecule has 168 valence electrons. The zero-order valence-electron chi connectivity index (χ0n) is 17.0. The van der Waals surface area contributed by atoms with Gasteiger partial charge in [0.05, 0.1) is 18.2 Å². The molecule has 2 aliphatic rings. The highest BCUT2D eigenvalue weighted by atomic mass is 32.2. The molecule has 1 aromatic heterocycles. The van der Waals surface area contributed by atoms with Crippen molar-refractivity contribution in [2.45, 2.75) is 36.0 Å². The molecule has 0 bridgehead atoms. The molecule has 2 atom stereocenters. The SMILES string of the molecule is CCc1nc2n(n1)C(=O)C(C(c1ccc(C(F)(F)F)cc1)N1CCN(CCO)CC1)S2. The van der Waals surface area contributed by atoms with Crippen LogP contribution in [0.1, 0.15) is 34.7 Å². The van der Waals surface area contributed by atoms with Crippen molar-refractivity contribution in [3.63, 3.8) is 0 Å². The van der Waals surface area contributed by atoms with Crippen molar-refractivity contribution in [3.8, 4) is 0 Å². The summed E-state index contributed by atoms with van der Waals surface area (Å²) in [5.74, 6) is 0.396. The largest absolute Gasteiger partial charge is 0.416 e. The predicted octanol–water partition coefficient (Wildman–Crippen LogP) is 2.33. The minimum atomic E-state index is -4.41.